The molecule has 1 heterocycles. The van der Waals surface area contributed by atoms with Gasteiger partial charge in [0.15, 0.2) is 0 Å². The molecular weight excluding hydrogens is 372 g/mol. The Balaban J connectivity index is 1.65. The Labute approximate surface area is 167 Å². The van der Waals surface area contributed by atoms with Crippen molar-refractivity contribution in [2.75, 3.05) is 24.9 Å². The first kappa shape index (κ1) is 19.8. The van der Waals surface area contributed by atoms with Gasteiger partial charge in [0.2, 0.25) is 0 Å². The molecule has 0 unspecified atom stereocenters. The normalized spacial score (nSPS) is 10.1. The van der Waals surface area contributed by atoms with Gasteiger partial charge in [0.1, 0.15) is 23.6 Å². The Morgan fingerprint density at radius 2 is 1.76 bits per heavy atom. The molecule has 0 aliphatic carbocycles. The molecule has 1 aromatic heterocycles. The van der Waals surface area contributed by atoms with Crippen LogP contribution in [0.3, 0.4) is 0 Å². The van der Waals surface area contributed by atoms with Crippen LogP contribution >= 0.6 is 0 Å². The average molecular weight is 392 g/mol. The summed E-state index contributed by atoms with van der Waals surface area (Å²) in [6.45, 7) is 0.483. The van der Waals surface area contributed by atoms with Gasteiger partial charge in [0.05, 0.1) is 19.8 Å². The fourth-order valence-corrected chi connectivity index (χ4v) is 2.62. The number of esters is 1. The minimum Gasteiger partial charge on any atom is -0.496 e. The van der Waals surface area contributed by atoms with Crippen LogP contribution in [0.25, 0.3) is 0 Å². The van der Waals surface area contributed by atoms with Crippen LogP contribution in [0, 0.1) is 0 Å². The zero-order valence-corrected chi connectivity index (χ0v) is 16.0. The summed E-state index contributed by atoms with van der Waals surface area (Å²) < 4.78 is 9.98. The fraction of sp³-hybridized carbons (Fsp3) is 0.143. The highest BCUT2D eigenvalue weighted by atomic mass is 16.5. The molecule has 0 aliphatic heterocycles. The summed E-state index contributed by atoms with van der Waals surface area (Å²) in [7, 11) is 2.93. The van der Waals surface area contributed by atoms with E-state index in [2.05, 4.69) is 25.3 Å². The zero-order chi connectivity index (χ0) is 20.6. The van der Waals surface area contributed by atoms with Gasteiger partial charge in [-0.3, -0.25) is 4.79 Å². The van der Waals surface area contributed by atoms with Gasteiger partial charge < -0.3 is 20.1 Å². The number of hydrogen-bond acceptors (Lipinski definition) is 7. The lowest BCUT2D eigenvalue weighted by Crippen LogP contribution is -2.15. The predicted molar refractivity (Wildman–Crippen MR) is 108 cm³/mol. The zero-order valence-electron chi connectivity index (χ0n) is 16.0. The molecule has 0 fully saturated rings. The largest absolute Gasteiger partial charge is 0.496 e. The van der Waals surface area contributed by atoms with Crippen molar-refractivity contribution in [3.05, 3.63) is 77.7 Å². The van der Waals surface area contributed by atoms with Crippen molar-refractivity contribution < 1.29 is 19.1 Å². The molecule has 2 aromatic carbocycles. The first-order chi connectivity index (χ1) is 14.1. The van der Waals surface area contributed by atoms with Gasteiger partial charge in [-0.2, -0.15) is 0 Å². The Bertz CT molecular complexity index is 1010. The van der Waals surface area contributed by atoms with Crippen molar-refractivity contribution in [1.29, 1.82) is 0 Å². The third kappa shape index (κ3) is 5.07. The van der Waals surface area contributed by atoms with E-state index in [0.717, 1.165) is 11.3 Å². The molecule has 8 nitrogen and oxygen atoms in total. The summed E-state index contributed by atoms with van der Waals surface area (Å²) >= 11 is 0. The minimum absolute atomic E-state index is 0.208. The second-order valence-electron chi connectivity index (χ2n) is 5.98. The number of aromatic nitrogens is 2. The highest BCUT2D eigenvalue weighted by Crippen LogP contribution is 2.18. The number of benzene rings is 2. The number of hydrogen-bond donors (Lipinski definition) is 2. The van der Waals surface area contributed by atoms with Gasteiger partial charge in [0, 0.05) is 23.9 Å². The van der Waals surface area contributed by atoms with Crippen LogP contribution in [0.15, 0.2) is 60.9 Å². The number of rotatable bonds is 7. The molecule has 0 radical (unpaired) electrons. The van der Waals surface area contributed by atoms with E-state index in [1.165, 1.54) is 13.4 Å². The SMILES string of the molecule is COC(=O)c1ccc(NC(=O)c2cc(NCc3ccccc3OC)ncn2)cc1. The molecular formula is C21H20N4O4. The Kier molecular flexibility index (Phi) is 6.36. The summed E-state index contributed by atoms with van der Waals surface area (Å²) in [5.41, 5.74) is 2.10. The van der Waals surface area contributed by atoms with Crippen molar-refractivity contribution in [3.8, 4) is 5.75 Å². The monoisotopic (exact) mass is 392 g/mol. The summed E-state index contributed by atoms with van der Waals surface area (Å²) in [5, 5.41) is 5.89. The molecule has 0 saturated carbocycles. The number of amides is 1. The Morgan fingerprint density at radius 1 is 1.00 bits per heavy atom. The minimum atomic E-state index is -0.440. The summed E-state index contributed by atoms with van der Waals surface area (Å²) in [6, 6.07) is 15.6. The maximum absolute atomic E-state index is 12.5. The van der Waals surface area contributed by atoms with Crippen molar-refractivity contribution in [1.82, 2.24) is 9.97 Å². The molecule has 3 rings (SSSR count). The lowest BCUT2D eigenvalue weighted by Gasteiger charge is -2.10. The quantitative estimate of drug-likeness (QED) is 0.596. The van der Waals surface area contributed by atoms with Crippen LogP contribution in [0.2, 0.25) is 0 Å². The standard InChI is InChI=1S/C21H20N4O4/c1-28-18-6-4-3-5-15(18)12-22-19-11-17(23-13-24-19)20(26)25-16-9-7-14(8-10-16)21(27)29-2/h3-11,13H,12H2,1-2H3,(H,25,26)(H,22,23,24). The molecule has 0 bridgehead atoms. The maximum atomic E-state index is 12.5. The topological polar surface area (TPSA) is 102 Å². The predicted octanol–water partition coefficient (Wildman–Crippen LogP) is 3.14. The van der Waals surface area contributed by atoms with Gasteiger partial charge in [-0.25, -0.2) is 14.8 Å². The van der Waals surface area contributed by atoms with E-state index in [1.807, 2.05) is 24.3 Å². The van der Waals surface area contributed by atoms with Crippen molar-refractivity contribution in [2.24, 2.45) is 0 Å². The second kappa shape index (κ2) is 9.32. The molecule has 8 heteroatoms. The van der Waals surface area contributed by atoms with E-state index >= 15 is 0 Å². The smallest absolute Gasteiger partial charge is 0.337 e. The average Bonchev–Trinajstić information content (AvgIpc) is 2.78. The van der Waals surface area contributed by atoms with E-state index in [0.29, 0.717) is 23.6 Å². The van der Waals surface area contributed by atoms with E-state index in [4.69, 9.17) is 4.74 Å². The first-order valence-corrected chi connectivity index (χ1v) is 8.78. The van der Waals surface area contributed by atoms with E-state index < -0.39 is 11.9 Å². The van der Waals surface area contributed by atoms with Crippen LogP contribution < -0.4 is 15.4 Å². The van der Waals surface area contributed by atoms with E-state index in [1.54, 1.807) is 37.4 Å². The maximum Gasteiger partial charge on any atom is 0.337 e. The third-order valence-corrected chi connectivity index (χ3v) is 4.12. The number of methoxy groups -OCH3 is 2. The van der Waals surface area contributed by atoms with E-state index in [-0.39, 0.29) is 5.69 Å². The number of anilines is 2. The van der Waals surface area contributed by atoms with Crippen molar-refractivity contribution in [2.45, 2.75) is 6.54 Å². The molecule has 29 heavy (non-hydrogen) atoms. The van der Waals surface area contributed by atoms with Crippen LogP contribution in [-0.4, -0.2) is 36.1 Å². The van der Waals surface area contributed by atoms with Crippen molar-refractivity contribution in [3.63, 3.8) is 0 Å². The lowest BCUT2D eigenvalue weighted by atomic mass is 10.2. The highest BCUT2D eigenvalue weighted by Gasteiger charge is 2.11. The highest BCUT2D eigenvalue weighted by molar-refractivity contribution is 6.03. The summed E-state index contributed by atoms with van der Waals surface area (Å²) in [4.78, 5) is 32.1. The van der Waals surface area contributed by atoms with Gasteiger partial charge in [0.25, 0.3) is 5.91 Å². The Hall–Kier alpha value is -3.94. The lowest BCUT2D eigenvalue weighted by molar-refractivity contribution is 0.0600. The second-order valence-corrected chi connectivity index (χ2v) is 5.98. The van der Waals surface area contributed by atoms with Gasteiger partial charge >= 0.3 is 5.97 Å². The summed E-state index contributed by atoms with van der Waals surface area (Å²) in [6.07, 6.45) is 1.32. The number of nitrogens with zero attached hydrogens (tertiary/aromatic N) is 2. The number of ether oxygens (including phenoxy) is 2. The molecule has 3 aromatic rings. The number of nitrogens with one attached hydrogen (secondary N) is 2. The molecule has 0 aliphatic rings. The Morgan fingerprint density at radius 3 is 2.48 bits per heavy atom. The van der Waals surface area contributed by atoms with Gasteiger partial charge in [-0.05, 0) is 30.3 Å². The number of carbonyl (C=O) groups excluding carboxylic acids is 2. The molecule has 0 saturated heterocycles. The van der Waals surface area contributed by atoms with E-state index in [9.17, 15) is 9.59 Å². The van der Waals surface area contributed by atoms with Crippen LogP contribution in [0.4, 0.5) is 11.5 Å². The molecule has 0 atom stereocenters. The van der Waals surface area contributed by atoms with Gasteiger partial charge in [-0.15, -0.1) is 0 Å². The third-order valence-electron chi connectivity index (χ3n) is 4.12. The number of para-hydroxylation sites is 1. The van der Waals surface area contributed by atoms with Crippen LogP contribution in [0.5, 0.6) is 5.75 Å². The van der Waals surface area contributed by atoms with Crippen LogP contribution in [-0.2, 0) is 11.3 Å². The molecule has 148 valence electrons. The fourth-order valence-electron chi connectivity index (χ4n) is 2.62. The summed E-state index contributed by atoms with van der Waals surface area (Å²) in [5.74, 6) is 0.447. The van der Waals surface area contributed by atoms with Gasteiger partial charge in [-0.1, -0.05) is 18.2 Å². The number of carbonyl (C=O) groups is 2. The molecule has 1 amide bonds. The van der Waals surface area contributed by atoms with Crippen molar-refractivity contribution >= 4 is 23.4 Å². The first-order valence-electron chi connectivity index (χ1n) is 8.78. The molecule has 0 spiro atoms. The molecule has 2 N–H and O–H groups in total. The van der Waals surface area contributed by atoms with Crippen LogP contribution in [0.1, 0.15) is 26.4 Å².